The Bertz CT molecular complexity index is 687. The number of carbonyl (C=O) groups is 1. The number of hydrogen-bond donors (Lipinski definition) is 2. The maximum atomic E-state index is 12.9. The highest BCUT2D eigenvalue weighted by molar-refractivity contribution is 7.86. The third kappa shape index (κ3) is 3.10. The lowest BCUT2D eigenvalue weighted by Crippen LogP contribution is -2.57. The SMILES string of the molecule is O=C(NO)C1Cc2ccccc2CN1S(=O)(=O)N1CCOCC1. The van der Waals surface area contributed by atoms with E-state index in [2.05, 4.69) is 0 Å². The zero-order valence-electron chi connectivity index (χ0n) is 12.5. The minimum atomic E-state index is -3.82. The van der Waals surface area contributed by atoms with Gasteiger partial charge in [0.1, 0.15) is 6.04 Å². The second-order valence-corrected chi connectivity index (χ2v) is 7.41. The molecule has 1 saturated heterocycles. The van der Waals surface area contributed by atoms with Crippen molar-refractivity contribution in [3.05, 3.63) is 35.4 Å². The van der Waals surface area contributed by atoms with Gasteiger partial charge in [-0.1, -0.05) is 24.3 Å². The zero-order chi connectivity index (χ0) is 16.4. The maximum Gasteiger partial charge on any atom is 0.283 e. The molecule has 0 bridgehead atoms. The highest BCUT2D eigenvalue weighted by Crippen LogP contribution is 2.27. The van der Waals surface area contributed by atoms with Gasteiger partial charge in [0.05, 0.1) is 13.2 Å². The summed E-state index contributed by atoms with van der Waals surface area (Å²) in [5.41, 5.74) is 3.36. The highest BCUT2D eigenvalue weighted by Gasteiger charge is 2.41. The summed E-state index contributed by atoms with van der Waals surface area (Å²) in [7, 11) is -3.82. The van der Waals surface area contributed by atoms with Gasteiger partial charge in [0, 0.05) is 19.6 Å². The Morgan fingerprint density at radius 2 is 1.87 bits per heavy atom. The number of morpholine rings is 1. The number of carbonyl (C=O) groups excluding carboxylic acids is 1. The quantitative estimate of drug-likeness (QED) is 0.570. The topological polar surface area (TPSA) is 99.2 Å². The van der Waals surface area contributed by atoms with E-state index in [9.17, 15) is 13.2 Å². The number of rotatable bonds is 3. The van der Waals surface area contributed by atoms with Gasteiger partial charge in [-0.15, -0.1) is 0 Å². The molecule has 3 rings (SSSR count). The number of nitrogens with one attached hydrogen (secondary N) is 1. The molecule has 0 aromatic heterocycles. The van der Waals surface area contributed by atoms with Gasteiger partial charge in [0.25, 0.3) is 16.1 Å². The Balaban J connectivity index is 1.95. The lowest BCUT2D eigenvalue weighted by molar-refractivity contribution is -0.133. The van der Waals surface area contributed by atoms with Crippen LogP contribution < -0.4 is 5.48 Å². The molecule has 1 aromatic rings. The van der Waals surface area contributed by atoms with Gasteiger partial charge in [-0.3, -0.25) is 10.0 Å². The van der Waals surface area contributed by atoms with Crippen molar-refractivity contribution in [2.45, 2.75) is 19.0 Å². The van der Waals surface area contributed by atoms with Crippen LogP contribution in [-0.4, -0.2) is 60.5 Å². The number of benzene rings is 1. The fourth-order valence-electron chi connectivity index (χ4n) is 2.97. The van der Waals surface area contributed by atoms with Crippen molar-refractivity contribution in [2.24, 2.45) is 0 Å². The van der Waals surface area contributed by atoms with Crippen LogP contribution in [-0.2, 0) is 32.7 Å². The number of hydroxylamine groups is 1. The number of fused-ring (bicyclic) bond motifs is 1. The van der Waals surface area contributed by atoms with E-state index < -0.39 is 22.2 Å². The smallest absolute Gasteiger partial charge is 0.283 e. The van der Waals surface area contributed by atoms with Gasteiger partial charge in [0.2, 0.25) is 0 Å². The maximum absolute atomic E-state index is 12.9. The summed E-state index contributed by atoms with van der Waals surface area (Å²) in [4.78, 5) is 12.0. The van der Waals surface area contributed by atoms with Crippen molar-refractivity contribution in [3.8, 4) is 0 Å². The average Bonchev–Trinajstić information content (AvgIpc) is 2.60. The van der Waals surface area contributed by atoms with Gasteiger partial charge in [-0.25, -0.2) is 5.48 Å². The summed E-state index contributed by atoms with van der Waals surface area (Å²) in [5.74, 6) is -0.726. The van der Waals surface area contributed by atoms with Crippen LogP contribution in [0.4, 0.5) is 0 Å². The first kappa shape index (κ1) is 16.3. The Labute approximate surface area is 134 Å². The summed E-state index contributed by atoms with van der Waals surface area (Å²) in [5, 5.41) is 8.97. The van der Waals surface area contributed by atoms with Gasteiger partial charge in [0.15, 0.2) is 0 Å². The van der Waals surface area contributed by atoms with Gasteiger partial charge in [-0.2, -0.15) is 17.0 Å². The molecular weight excluding hydrogens is 322 g/mol. The molecule has 1 atom stereocenters. The molecule has 2 heterocycles. The van der Waals surface area contributed by atoms with Crippen LogP contribution in [0.5, 0.6) is 0 Å². The molecular formula is C14H19N3O5S. The Morgan fingerprint density at radius 3 is 2.52 bits per heavy atom. The summed E-state index contributed by atoms with van der Waals surface area (Å²) in [6, 6.07) is 6.43. The van der Waals surface area contributed by atoms with Crippen LogP contribution >= 0.6 is 0 Å². The highest BCUT2D eigenvalue weighted by atomic mass is 32.2. The van der Waals surface area contributed by atoms with E-state index >= 15 is 0 Å². The Kier molecular flexibility index (Phi) is 4.64. The van der Waals surface area contributed by atoms with Gasteiger partial charge >= 0.3 is 0 Å². The second kappa shape index (κ2) is 6.54. The van der Waals surface area contributed by atoms with Crippen molar-refractivity contribution in [2.75, 3.05) is 26.3 Å². The lowest BCUT2D eigenvalue weighted by Gasteiger charge is -2.38. The molecule has 2 N–H and O–H groups in total. The summed E-state index contributed by atoms with van der Waals surface area (Å²) in [6.45, 7) is 1.29. The fourth-order valence-corrected chi connectivity index (χ4v) is 4.67. The van der Waals surface area contributed by atoms with E-state index in [4.69, 9.17) is 9.94 Å². The average molecular weight is 341 g/mol. The summed E-state index contributed by atoms with van der Waals surface area (Å²) in [6.07, 6.45) is 0.228. The zero-order valence-corrected chi connectivity index (χ0v) is 13.3. The molecule has 0 radical (unpaired) electrons. The number of amides is 1. The predicted molar refractivity (Wildman–Crippen MR) is 80.7 cm³/mol. The first-order valence-electron chi connectivity index (χ1n) is 7.39. The molecule has 23 heavy (non-hydrogen) atoms. The molecule has 0 spiro atoms. The largest absolute Gasteiger partial charge is 0.379 e. The standard InChI is InChI=1S/C14H19N3O5S/c18-14(15-19)13-9-11-3-1-2-4-12(11)10-17(13)23(20,21)16-5-7-22-8-6-16/h1-4,13,19H,5-10H2,(H,15,18). The molecule has 1 unspecified atom stereocenters. The van der Waals surface area contributed by atoms with Crippen molar-refractivity contribution >= 4 is 16.1 Å². The molecule has 1 amide bonds. The van der Waals surface area contributed by atoms with Crippen molar-refractivity contribution in [3.63, 3.8) is 0 Å². The first-order chi connectivity index (χ1) is 11.0. The van der Waals surface area contributed by atoms with Crippen molar-refractivity contribution < 1.29 is 23.2 Å². The van der Waals surface area contributed by atoms with Crippen LogP contribution in [0.25, 0.3) is 0 Å². The number of nitrogens with zero attached hydrogens (tertiary/aromatic N) is 2. The normalized spacial score (nSPS) is 23.3. The number of ether oxygens (including phenoxy) is 1. The van der Waals surface area contributed by atoms with Crippen LogP contribution in [0.15, 0.2) is 24.3 Å². The lowest BCUT2D eigenvalue weighted by atomic mass is 9.95. The summed E-state index contributed by atoms with van der Waals surface area (Å²) < 4.78 is 33.5. The van der Waals surface area contributed by atoms with Crippen LogP contribution in [0.3, 0.4) is 0 Å². The molecule has 1 aromatic carbocycles. The van der Waals surface area contributed by atoms with E-state index in [-0.39, 0.29) is 26.1 Å². The molecule has 8 nitrogen and oxygen atoms in total. The third-order valence-corrected chi connectivity index (χ3v) is 6.20. The van der Waals surface area contributed by atoms with Crippen molar-refractivity contribution in [1.29, 1.82) is 0 Å². The first-order valence-corrected chi connectivity index (χ1v) is 8.79. The predicted octanol–water partition coefficient (Wildman–Crippen LogP) is -0.504. The summed E-state index contributed by atoms with van der Waals surface area (Å²) >= 11 is 0. The Hall–Kier alpha value is -1.52. The minimum Gasteiger partial charge on any atom is -0.379 e. The second-order valence-electron chi connectivity index (χ2n) is 5.53. The van der Waals surface area contributed by atoms with E-state index in [1.165, 1.54) is 4.31 Å². The van der Waals surface area contributed by atoms with E-state index in [1.54, 1.807) is 5.48 Å². The fraction of sp³-hybridized carbons (Fsp3) is 0.500. The molecule has 0 saturated carbocycles. The molecule has 0 aliphatic carbocycles. The third-order valence-electron chi connectivity index (χ3n) is 4.21. The Morgan fingerprint density at radius 1 is 1.22 bits per heavy atom. The van der Waals surface area contributed by atoms with E-state index in [0.29, 0.717) is 13.2 Å². The van der Waals surface area contributed by atoms with Gasteiger partial charge < -0.3 is 4.74 Å². The molecule has 1 fully saturated rings. The minimum absolute atomic E-state index is 0.105. The molecule has 2 aliphatic rings. The molecule has 126 valence electrons. The molecule has 9 heteroatoms. The van der Waals surface area contributed by atoms with Gasteiger partial charge in [-0.05, 0) is 17.5 Å². The van der Waals surface area contributed by atoms with Crippen molar-refractivity contribution in [1.82, 2.24) is 14.1 Å². The van der Waals surface area contributed by atoms with E-state index in [1.807, 2.05) is 24.3 Å². The number of hydrogen-bond acceptors (Lipinski definition) is 5. The van der Waals surface area contributed by atoms with Crippen LogP contribution in [0.1, 0.15) is 11.1 Å². The monoisotopic (exact) mass is 341 g/mol. The van der Waals surface area contributed by atoms with Crippen LogP contribution in [0.2, 0.25) is 0 Å². The van der Waals surface area contributed by atoms with E-state index in [0.717, 1.165) is 15.4 Å². The van der Waals surface area contributed by atoms with Crippen LogP contribution in [0, 0.1) is 0 Å². The molecule has 2 aliphatic heterocycles.